The zero-order chi connectivity index (χ0) is 14.2. The Kier molecular flexibility index (Phi) is 3.25. The second-order valence-corrected chi connectivity index (χ2v) is 5.75. The van der Waals surface area contributed by atoms with Gasteiger partial charge in [-0.3, -0.25) is 0 Å². The first-order valence-electron chi connectivity index (χ1n) is 7.00. The average molecular weight is 273 g/mol. The van der Waals surface area contributed by atoms with Crippen LogP contribution in [0, 0.1) is 12.8 Å². The largest absolute Gasteiger partial charge is 0.337 e. The van der Waals surface area contributed by atoms with Crippen LogP contribution in [-0.2, 0) is 5.54 Å². The SMILES string of the molecule is Cc1nccc(-c2noc(C3(N)CCC(C)CC3)n2)n1. The van der Waals surface area contributed by atoms with Crippen molar-refractivity contribution in [2.24, 2.45) is 11.7 Å². The summed E-state index contributed by atoms with van der Waals surface area (Å²) in [6.45, 7) is 4.08. The molecule has 0 spiro atoms. The van der Waals surface area contributed by atoms with Crippen LogP contribution in [0.25, 0.3) is 11.5 Å². The van der Waals surface area contributed by atoms with Crippen molar-refractivity contribution in [3.8, 4) is 11.5 Å². The van der Waals surface area contributed by atoms with Gasteiger partial charge >= 0.3 is 0 Å². The first-order valence-corrected chi connectivity index (χ1v) is 7.00. The summed E-state index contributed by atoms with van der Waals surface area (Å²) in [5.41, 5.74) is 6.62. The van der Waals surface area contributed by atoms with E-state index < -0.39 is 5.54 Å². The Morgan fingerprint density at radius 2 is 2.05 bits per heavy atom. The molecule has 0 aromatic carbocycles. The lowest BCUT2D eigenvalue weighted by Crippen LogP contribution is -2.40. The van der Waals surface area contributed by atoms with Gasteiger partial charge in [0.25, 0.3) is 0 Å². The third-order valence-electron chi connectivity index (χ3n) is 4.02. The van der Waals surface area contributed by atoms with Gasteiger partial charge in [0.1, 0.15) is 11.5 Å². The Bertz CT molecular complexity index is 601. The molecule has 0 radical (unpaired) electrons. The standard InChI is InChI=1S/C14H19N5O/c1-9-3-6-14(15,7-4-9)13-18-12(19-20-13)11-5-8-16-10(2)17-11/h5,8-9H,3-4,6-7,15H2,1-2H3. The van der Waals surface area contributed by atoms with E-state index in [1.54, 1.807) is 12.3 Å². The molecule has 0 aliphatic heterocycles. The number of hydrogen-bond acceptors (Lipinski definition) is 6. The van der Waals surface area contributed by atoms with Crippen molar-refractivity contribution in [2.75, 3.05) is 0 Å². The van der Waals surface area contributed by atoms with Crippen LogP contribution in [0.2, 0.25) is 0 Å². The van der Waals surface area contributed by atoms with Crippen molar-refractivity contribution in [1.29, 1.82) is 0 Å². The summed E-state index contributed by atoms with van der Waals surface area (Å²) in [6, 6.07) is 1.77. The molecular formula is C14H19N5O. The van der Waals surface area contributed by atoms with Crippen molar-refractivity contribution in [3.05, 3.63) is 24.0 Å². The molecule has 0 saturated heterocycles. The van der Waals surface area contributed by atoms with Gasteiger partial charge < -0.3 is 10.3 Å². The number of aromatic nitrogens is 4. The normalized spacial score (nSPS) is 26.6. The predicted octanol–water partition coefficient (Wildman–Crippen LogP) is 2.20. The highest BCUT2D eigenvalue weighted by Crippen LogP contribution is 2.36. The molecule has 2 aromatic rings. The minimum Gasteiger partial charge on any atom is -0.337 e. The van der Waals surface area contributed by atoms with Crippen LogP contribution in [0.1, 0.15) is 44.3 Å². The molecular weight excluding hydrogens is 254 g/mol. The Hall–Kier alpha value is -1.82. The van der Waals surface area contributed by atoms with Crippen LogP contribution in [0.5, 0.6) is 0 Å². The highest BCUT2D eigenvalue weighted by molar-refractivity contribution is 5.47. The Morgan fingerprint density at radius 1 is 1.30 bits per heavy atom. The number of aryl methyl sites for hydroxylation is 1. The maximum Gasteiger partial charge on any atom is 0.247 e. The van der Waals surface area contributed by atoms with Gasteiger partial charge in [0.2, 0.25) is 11.7 Å². The van der Waals surface area contributed by atoms with Crippen molar-refractivity contribution in [2.45, 2.75) is 45.1 Å². The average Bonchev–Trinajstić information content (AvgIpc) is 2.93. The summed E-state index contributed by atoms with van der Waals surface area (Å²) in [6.07, 6.45) is 5.66. The van der Waals surface area contributed by atoms with Crippen molar-refractivity contribution in [3.63, 3.8) is 0 Å². The molecule has 0 amide bonds. The summed E-state index contributed by atoms with van der Waals surface area (Å²) < 4.78 is 5.39. The van der Waals surface area contributed by atoms with Crippen LogP contribution in [0.3, 0.4) is 0 Å². The summed E-state index contributed by atoms with van der Waals surface area (Å²) in [7, 11) is 0. The molecule has 6 nitrogen and oxygen atoms in total. The van der Waals surface area contributed by atoms with Crippen LogP contribution < -0.4 is 5.73 Å². The first kappa shape index (κ1) is 13.2. The van der Waals surface area contributed by atoms with Gasteiger partial charge in [0.15, 0.2) is 0 Å². The fourth-order valence-corrected chi connectivity index (χ4v) is 2.60. The number of nitrogens with two attached hydrogens (primary N) is 1. The van der Waals surface area contributed by atoms with E-state index in [1.165, 1.54) is 0 Å². The highest BCUT2D eigenvalue weighted by atomic mass is 16.5. The van der Waals surface area contributed by atoms with Gasteiger partial charge in [-0.2, -0.15) is 4.98 Å². The van der Waals surface area contributed by atoms with Gasteiger partial charge in [0, 0.05) is 6.20 Å². The molecule has 0 unspecified atom stereocenters. The Balaban J connectivity index is 1.87. The van der Waals surface area contributed by atoms with E-state index in [0.717, 1.165) is 31.6 Å². The van der Waals surface area contributed by atoms with Crippen LogP contribution in [0.15, 0.2) is 16.8 Å². The minimum absolute atomic E-state index is 0.481. The highest BCUT2D eigenvalue weighted by Gasteiger charge is 2.37. The molecule has 2 aromatic heterocycles. The van der Waals surface area contributed by atoms with E-state index in [-0.39, 0.29) is 0 Å². The van der Waals surface area contributed by atoms with E-state index >= 15 is 0 Å². The fourth-order valence-electron chi connectivity index (χ4n) is 2.60. The van der Waals surface area contributed by atoms with Gasteiger partial charge in [-0.25, -0.2) is 9.97 Å². The fraction of sp³-hybridized carbons (Fsp3) is 0.571. The van der Waals surface area contributed by atoms with Crippen molar-refractivity contribution >= 4 is 0 Å². The van der Waals surface area contributed by atoms with Gasteiger partial charge in [-0.15, -0.1) is 0 Å². The molecule has 1 fully saturated rings. The topological polar surface area (TPSA) is 90.7 Å². The molecule has 106 valence electrons. The van der Waals surface area contributed by atoms with Gasteiger partial charge in [-0.1, -0.05) is 12.1 Å². The zero-order valence-corrected chi connectivity index (χ0v) is 11.8. The van der Waals surface area contributed by atoms with Gasteiger partial charge in [-0.05, 0) is 44.6 Å². The Labute approximate surface area is 117 Å². The third-order valence-corrected chi connectivity index (χ3v) is 4.02. The molecule has 1 aliphatic rings. The summed E-state index contributed by atoms with van der Waals surface area (Å²) in [4.78, 5) is 12.8. The molecule has 2 N–H and O–H groups in total. The van der Waals surface area contributed by atoms with Gasteiger partial charge in [0.05, 0.1) is 5.54 Å². The molecule has 0 atom stereocenters. The van der Waals surface area contributed by atoms with E-state index in [2.05, 4.69) is 27.0 Å². The second kappa shape index (κ2) is 4.94. The lowest BCUT2D eigenvalue weighted by Gasteiger charge is -2.32. The van der Waals surface area contributed by atoms with E-state index in [1.807, 2.05) is 6.92 Å². The zero-order valence-electron chi connectivity index (χ0n) is 11.8. The molecule has 6 heteroatoms. The quantitative estimate of drug-likeness (QED) is 0.902. The predicted molar refractivity (Wildman–Crippen MR) is 73.6 cm³/mol. The second-order valence-electron chi connectivity index (χ2n) is 5.75. The molecule has 1 aliphatic carbocycles. The molecule has 2 heterocycles. The lowest BCUT2D eigenvalue weighted by atomic mass is 9.78. The maximum atomic E-state index is 6.43. The smallest absolute Gasteiger partial charge is 0.247 e. The summed E-state index contributed by atoms with van der Waals surface area (Å²) in [5, 5.41) is 4.01. The van der Waals surface area contributed by atoms with E-state index in [9.17, 15) is 0 Å². The van der Waals surface area contributed by atoms with Crippen LogP contribution in [0.4, 0.5) is 0 Å². The van der Waals surface area contributed by atoms with Crippen molar-refractivity contribution < 1.29 is 4.52 Å². The summed E-state index contributed by atoms with van der Waals surface area (Å²) in [5.74, 6) is 2.41. The maximum absolute atomic E-state index is 6.43. The van der Waals surface area contributed by atoms with Crippen LogP contribution in [-0.4, -0.2) is 20.1 Å². The molecule has 1 saturated carbocycles. The van der Waals surface area contributed by atoms with E-state index in [0.29, 0.717) is 23.2 Å². The first-order chi connectivity index (χ1) is 9.57. The third kappa shape index (κ3) is 2.43. The van der Waals surface area contributed by atoms with Crippen LogP contribution >= 0.6 is 0 Å². The number of nitrogens with zero attached hydrogens (tertiary/aromatic N) is 4. The van der Waals surface area contributed by atoms with E-state index in [4.69, 9.17) is 10.3 Å². The molecule has 20 heavy (non-hydrogen) atoms. The number of rotatable bonds is 2. The Morgan fingerprint density at radius 3 is 2.75 bits per heavy atom. The monoisotopic (exact) mass is 273 g/mol. The minimum atomic E-state index is -0.486. The lowest BCUT2D eigenvalue weighted by molar-refractivity contribution is 0.190. The number of hydrogen-bond donors (Lipinski definition) is 1. The summed E-state index contributed by atoms with van der Waals surface area (Å²) >= 11 is 0. The molecule has 3 rings (SSSR count). The van der Waals surface area contributed by atoms with Crippen molar-refractivity contribution in [1.82, 2.24) is 20.1 Å². The molecule has 0 bridgehead atoms.